The van der Waals surface area contributed by atoms with Crippen LogP contribution in [0, 0.1) is 5.92 Å². The van der Waals surface area contributed by atoms with Gasteiger partial charge in [-0.3, -0.25) is 4.79 Å². The van der Waals surface area contributed by atoms with Crippen LogP contribution in [0.2, 0.25) is 0 Å². The Labute approximate surface area is 97.2 Å². The third kappa shape index (κ3) is 3.46. The normalized spacial score (nSPS) is 29.3. The van der Waals surface area contributed by atoms with Crippen LogP contribution in [-0.4, -0.2) is 31.6 Å². The molecule has 0 aromatic rings. The summed E-state index contributed by atoms with van der Waals surface area (Å²) in [7, 11) is 0. The van der Waals surface area contributed by atoms with Crippen molar-refractivity contribution < 1.29 is 19.0 Å². The topological polar surface area (TPSA) is 44.8 Å². The number of rotatable bonds is 6. The molecule has 0 aromatic heterocycles. The predicted octanol–water partition coefficient (Wildman–Crippen LogP) is 2.12. The first-order chi connectivity index (χ1) is 7.72. The maximum absolute atomic E-state index is 11.8. The summed E-state index contributed by atoms with van der Waals surface area (Å²) in [5.41, 5.74) is 0. The molecular formula is C12H22O4. The van der Waals surface area contributed by atoms with E-state index in [2.05, 4.69) is 6.92 Å². The summed E-state index contributed by atoms with van der Waals surface area (Å²) in [5.74, 6) is -0.299. The van der Waals surface area contributed by atoms with Crippen molar-refractivity contribution in [1.82, 2.24) is 0 Å². The maximum atomic E-state index is 11.8. The van der Waals surface area contributed by atoms with Gasteiger partial charge in [0.05, 0.1) is 18.1 Å². The van der Waals surface area contributed by atoms with Gasteiger partial charge in [0.2, 0.25) is 0 Å². The van der Waals surface area contributed by atoms with Gasteiger partial charge in [-0.15, -0.1) is 0 Å². The zero-order valence-corrected chi connectivity index (χ0v) is 10.4. The van der Waals surface area contributed by atoms with Gasteiger partial charge in [0.15, 0.2) is 6.79 Å². The lowest BCUT2D eigenvalue weighted by molar-refractivity contribution is -0.162. The monoisotopic (exact) mass is 230 g/mol. The highest BCUT2D eigenvalue weighted by Crippen LogP contribution is 2.31. The van der Waals surface area contributed by atoms with E-state index in [0.29, 0.717) is 6.61 Å². The van der Waals surface area contributed by atoms with Gasteiger partial charge in [-0.2, -0.15) is 0 Å². The molecule has 0 aromatic carbocycles. The molecule has 16 heavy (non-hydrogen) atoms. The standard InChI is InChI=1S/C12H22O4/c1-4-9-7-10(11(5-2)16-9)12(13)15-8-14-6-3/h9-11H,4-8H2,1-3H3. The highest BCUT2D eigenvalue weighted by Gasteiger charge is 2.38. The van der Waals surface area contributed by atoms with Crippen LogP contribution >= 0.6 is 0 Å². The molecule has 94 valence electrons. The molecule has 3 unspecified atom stereocenters. The number of esters is 1. The van der Waals surface area contributed by atoms with E-state index in [-0.39, 0.29) is 30.9 Å². The van der Waals surface area contributed by atoms with E-state index in [9.17, 15) is 4.79 Å². The van der Waals surface area contributed by atoms with Gasteiger partial charge in [-0.25, -0.2) is 0 Å². The van der Waals surface area contributed by atoms with Crippen LogP contribution in [0.5, 0.6) is 0 Å². The fourth-order valence-corrected chi connectivity index (χ4v) is 2.01. The highest BCUT2D eigenvalue weighted by atomic mass is 16.7. The van der Waals surface area contributed by atoms with E-state index in [0.717, 1.165) is 19.3 Å². The molecule has 0 saturated carbocycles. The zero-order valence-electron chi connectivity index (χ0n) is 10.4. The third-order valence-electron chi connectivity index (χ3n) is 2.98. The summed E-state index contributed by atoms with van der Waals surface area (Å²) in [5, 5.41) is 0. The molecular weight excluding hydrogens is 208 g/mol. The Kier molecular flexibility index (Phi) is 5.77. The van der Waals surface area contributed by atoms with Crippen LogP contribution in [0.3, 0.4) is 0 Å². The molecule has 1 fully saturated rings. The van der Waals surface area contributed by atoms with E-state index in [1.54, 1.807) is 0 Å². The molecule has 0 aliphatic carbocycles. The number of hydrogen-bond donors (Lipinski definition) is 0. The quantitative estimate of drug-likeness (QED) is 0.398. The van der Waals surface area contributed by atoms with E-state index in [1.165, 1.54) is 0 Å². The minimum Gasteiger partial charge on any atom is -0.438 e. The molecule has 0 N–H and O–H groups in total. The molecule has 0 amide bonds. The Hall–Kier alpha value is -0.610. The van der Waals surface area contributed by atoms with Crippen LogP contribution in [0.15, 0.2) is 0 Å². The molecule has 1 aliphatic heterocycles. The number of hydrogen-bond acceptors (Lipinski definition) is 4. The second kappa shape index (κ2) is 6.86. The summed E-state index contributed by atoms with van der Waals surface area (Å²) in [6.45, 7) is 6.59. The molecule has 4 heteroatoms. The van der Waals surface area contributed by atoms with Gasteiger partial charge in [0.25, 0.3) is 0 Å². The Morgan fingerprint density at radius 2 is 2.06 bits per heavy atom. The van der Waals surface area contributed by atoms with Crippen LogP contribution < -0.4 is 0 Å². The molecule has 1 heterocycles. The van der Waals surface area contributed by atoms with Gasteiger partial charge < -0.3 is 14.2 Å². The van der Waals surface area contributed by atoms with Crippen molar-refractivity contribution in [3.05, 3.63) is 0 Å². The lowest BCUT2D eigenvalue weighted by Gasteiger charge is -2.15. The van der Waals surface area contributed by atoms with Crippen molar-refractivity contribution in [1.29, 1.82) is 0 Å². The molecule has 4 nitrogen and oxygen atoms in total. The smallest absolute Gasteiger partial charge is 0.313 e. The first kappa shape index (κ1) is 13.5. The summed E-state index contributed by atoms with van der Waals surface area (Å²) >= 11 is 0. The Bertz CT molecular complexity index is 217. The van der Waals surface area contributed by atoms with E-state index < -0.39 is 0 Å². The zero-order chi connectivity index (χ0) is 12.0. The largest absolute Gasteiger partial charge is 0.438 e. The number of carbonyl (C=O) groups is 1. The first-order valence-electron chi connectivity index (χ1n) is 6.12. The van der Waals surface area contributed by atoms with Crippen molar-refractivity contribution in [2.75, 3.05) is 13.4 Å². The van der Waals surface area contributed by atoms with Gasteiger partial charge in [0, 0.05) is 6.61 Å². The second-order valence-electron chi connectivity index (χ2n) is 4.03. The molecule has 3 atom stereocenters. The SMILES string of the molecule is CCOCOC(=O)C1CC(CC)OC1CC. The Morgan fingerprint density at radius 3 is 2.62 bits per heavy atom. The van der Waals surface area contributed by atoms with Crippen molar-refractivity contribution in [3.63, 3.8) is 0 Å². The third-order valence-corrected chi connectivity index (χ3v) is 2.98. The molecule has 0 spiro atoms. The van der Waals surface area contributed by atoms with Crippen molar-refractivity contribution in [3.8, 4) is 0 Å². The first-order valence-corrected chi connectivity index (χ1v) is 6.12. The van der Waals surface area contributed by atoms with E-state index in [4.69, 9.17) is 14.2 Å². The average molecular weight is 230 g/mol. The Morgan fingerprint density at radius 1 is 1.31 bits per heavy atom. The Balaban J connectivity index is 2.41. The lowest BCUT2D eigenvalue weighted by atomic mass is 9.97. The minimum absolute atomic E-state index is 0.0130. The maximum Gasteiger partial charge on any atom is 0.313 e. The lowest BCUT2D eigenvalue weighted by Crippen LogP contribution is -2.26. The minimum atomic E-state index is -0.184. The summed E-state index contributed by atoms with van der Waals surface area (Å²) in [6.07, 6.45) is 2.80. The molecule has 0 bridgehead atoms. The molecule has 1 saturated heterocycles. The number of carbonyl (C=O) groups excluding carboxylic acids is 1. The van der Waals surface area contributed by atoms with Crippen LogP contribution in [0.25, 0.3) is 0 Å². The van der Waals surface area contributed by atoms with Crippen molar-refractivity contribution in [2.45, 2.75) is 52.2 Å². The van der Waals surface area contributed by atoms with Crippen molar-refractivity contribution in [2.24, 2.45) is 5.92 Å². The van der Waals surface area contributed by atoms with E-state index in [1.807, 2.05) is 13.8 Å². The summed E-state index contributed by atoms with van der Waals surface area (Å²) in [4.78, 5) is 11.8. The summed E-state index contributed by atoms with van der Waals surface area (Å²) in [6, 6.07) is 0. The van der Waals surface area contributed by atoms with Gasteiger partial charge >= 0.3 is 5.97 Å². The second-order valence-corrected chi connectivity index (χ2v) is 4.03. The fraction of sp³-hybridized carbons (Fsp3) is 0.917. The van der Waals surface area contributed by atoms with Crippen LogP contribution in [0.1, 0.15) is 40.0 Å². The fourth-order valence-electron chi connectivity index (χ4n) is 2.01. The average Bonchev–Trinajstić information content (AvgIpc) is 2.72. The molecule has 1 aliphatic rings. The van der Waals surface area contributed by atoms with Gasteiger partial charge in [0.1, 0.15) is 0 Å². The van der Waals surface area contributed by atoms with Gasteiger partial charge in [-0.05, 0) is 26.2 Å². The van der Waals surface area contributed by atoms with Crippen LogP contribution in [0.4, 0.5) is 0 Å². The van der Waals surface area contributed by atoms with E-state index >= 15 is 0 Å². The molecule has 0 radical (unpaired) electrons. The van der Waals surface area contributed by atoms with Crippen LogP contribution in [-0.2, 0) is 19.0 Å². The molecule has 1 rings (SSSR count). The summed E-state index contributed by atoms with van der Waals surface area (Å²) < 4.78 is 15.8. The van der Waals surface area contributed by atoms with Crippen molar-refractivity contribution >= 4 is 5.97 Å². The predicted molar refractivity (Wildman–Crippen MR) is 59.9 cm³/mol. The van der Waals surface area contributed by atoms with Gasteiger partial charge in [-0.1, -0.05) is 13.8 Å². The number of ether oxygens (including phenoxy) is 3. The highest BCUT2D eigenvalue weighted by molar-refractivity contribution is 5.73.